The molecule has 2 heterocycles. The minimum absolute atomic E-state index is 0.0622. The summed E-state index contributed by atoms with van der Waals surface area (Å²) in [5.74, 6) is 1.50. The fourth-order valence-corrected chi connectivity index (χ4v) is 2.04. The number of oxime groups is 1. The van der Waals surface area contributed by atoms with Crippen LogP contribution in [0.25, 0.3) is 0 Å². The van der Waals surface area contributed by atoms with Crippen LogP contribution < -0.4 is 4.74 Å². The van der Waals surface area contributed by atoms with Crippen LogP contribution >= 0.6 is 0 Å². The number of para-hydroxylation sites is 1. The second kappa shape index (κ2) is 5.10. The van der Waals surface area contributed by atoms with Gasteiger partial charge in [-0.15, -0.1) is 0 Å². The quantitative estimate of drug-likeness (QED) is 0.838. The Morgan fingerprint density at radius 1 is 1.21 bits per heavy atom. The molecule has 0 fully saturated rings. The number of benzene rings is 1. The maximum Gasteiger partial charge on any atom is 0.161 e. The first kappa shape index (κ1) is 11.7. The summed E-state index contributed by atoms with van der Waals surface area (Å²) in [6, 6.07) is 11.6. The number of ether oxygens (including phenoxy) is 1. The summed E-state index contributed by atoms with van der Waals surface area (Å²) in [6.45, 7) is 1.96. The number of hydrogen-bond donors (Lipinski definition) is 0. The summed E-state index contributed by atoms with van der Waals surface area (Å²) in [5.41, 5.74) is 2.01. The highest BCUT2D eigenvalue weighted by Gasteiger charge is 2.23. The summed E-state index contributed by atoms with van der Waals surface area (Å²) in [5, 5.41) is 3.99. The maximum atomic E-state index is 5.86. The average Bonchev–Trinajstić information content (AvgIpc) is 2.87. The molecule has 2 aromatic rings. The van der Waals surface area contributed by atoms with E-state index in [0.717, 1.165) is 23.4 Å². The molecule has 1 aliphatic heterocycles. The van der Waals surface area contributed by atoms with Crippen molar-refractivity contribution in [1.82, 2.24) is 4.98 Å². The van der Waals surface area contributed by atoms with E-state index in [1.54, 1.807) is 12.4 Å². The zero-order valence-corrected chi connectivity index (χ0v) is 10.6. The summed E-state index contributed by atoms with van der Waals surface area (Å²) >= 11 is 0. The standard InChI is InChI=1S/C15H14N2O2/c1-11-9-15(19-17-11)13-6-2-3-7-14(13)18-12-5-4-8-16-10-12/h2-8,10,15H,9H2,1H3/t15-/m1/s1. The fourth-order valence-electron chi connectivity index (χ4n) is 2.04. The average molecular weight is 254 g/mol. The van der Waals surface area contributed by atoms with E-state index in [-0.39, 0.29) is 6.10 Å². The molecule has 96 valence electrons. The molecule has 0 aliphatic carbocycles. The summed E-state index contributed by atoms with van der Waals surface area (Å²) in [7, 11) is 0. The molecule has 3 rings (SSSR count). The molecule has 0 spiro atoms. The largest absolute Gasteiger partial charge is 0.455 e. The van der Waals surface area contributed by atoms with Crippen LogP contribution in [0.4, 0.5) is 0 Å². The molecule has 1 aromatic heterocycles. The van der Waals surface area contributed by atoms with Crippen LogP contribution in [-0.2, 0) is 4.84 Å². The van der Waals surface area contributed by atoms with Gasteiger partial charge in [0, 0.05) is 18.2 Å². The van der Waals surface area contributed by atoms with E-state index in [1.165, 1.54) is 0 Å². The molecule has 1 atom stereocenters. The number of hydrogen-bond acceptors (Lipinski definition) is 4. The van der Waals surface area contributed by atoms with Gasteiger partial charge in [0.2, 0.25) is 0 Å². The molecule has 0 N–H and O–H groups in total. The van der Waals surface area contributed by atoms with Gasteiger partial charge >= 0.3 is 0 Å². The fraction of sp³-hybridized carbons (Fsp3) is 0.200. The zero-order valence-electron chi connectivity index (χ0n) is 10.6. The molecule has 0 saturated carbocycles. The first-order valence-electron chi connectivity index (χ1n) is 6.19. The van der Waals surface area contributed by atoms with Crippen LogP contribution in [0.5, 0.6) is 11.5 Å². The smallest absolute Gasteiger partial charge is 0.161 e. The van der Waals surface area contributed by atoms with Gasteiger partial charge in [-0.1, -0.05) is 23.4 Å². The molecule has 1 aromatic carbocycles. The predicted octanol–water partition coefficient (Wildman–Crippen LogP) is 3.71. The number of nitrogens with zero attached hydrogens (tertiary/aromatic N) is 2. The van der Waals surface area contributed by atoms with Crippen LogP contribution in [0.1, 0.15) is 25.0 Å². The molecule has 0 amide bonds. The van der Waals surface area contributed by atoms with Gasteiger partial charge in [0.15, 0.2) is 6.10 Å². The Bertz CT molecular complexity index is 596. The Labute approximate surface area is 111 Å². The topological polar surface area (TPSA) is 43.7 Å². The van der Waals surface area contributed by atoms with E-state index in [0.29, 0.717) is 5.75 Å². The number of pyridine rings is 1. The molecular formula is C15H14N2O2. The Balaban J connectivity index is 1.86. The van der Waals surface area contributed by atoms with Crippen molar-refractivity contribution in [1.29, 1.82) is 0 Å². The highest BCUT2D eigenvalue weighted by atomic mass is 16.6. The van der Waals surface area contributed by atoms with Crippen LogP contribution in [-0.4, -0.2) is 10.7 Å². The van der Waals surface area contributed by atoms with Crippen LogP contribution in [0.3, 0.4) is 0 Å². The van der Waals surface area contributed by atoms with Crippen molar-refractivity contribution in [2.75, 3.05) is 0 Å². The minimum Gasteiger partial charge on any atom is -0.455 e. The van der Waals surface area contributed by atoms with Gasteiger partial charge in [-0.05, 0) is 25.1 Å². The molecule has 0 radical (unpaired) electrons. The zero-order chi connectivity index (χ0) is 13.1. The van der Waals surface area contributed by atoms with Gasteiger partial charge < -0.3 is 9.57 Å². The third kappa shape index (κ3) is 2.57. The van der Waals surface area contributed by atoms with Crippen molar-refractivity contribution in [3.63, 3.8) is 0 Å². The normalized spacial score (nSPS) is 17.7. The second-order valence-corrected chi connectivity index (χ2v) is 4.45. The lowest BCUT2D eigenvalue weighted by Crippen LogP contribution is -2.00. The first-order valence-corrected chi connectivity index (χ1v) is 6.19. The monoisotopic (exact) mass is 254 g/mol. The summed E-state index contributed by atoms with van der Waals surface area (Å²) in [6.07, 6.45) is 4.14. The van der Waals surface area contributed by atoms with Crippen LogP contribution in [0.2, 0.25) is 0 Å². The molecule has 19 heavy (non-hydrogen) atoms. The molecule has 4 heteroatoms. The lowest BCUT2D eigenvalue weighted by Gasteiger charge is -2.14. The minimum atomic E-state index is -0.0622. The van der Waals surface area contributed by atoms with Gasteiger partial charge in [-0.2, -0.15) is 0 Å². The third-order valence-corrected chi connectivity index (χ3v) is 2.94. The lowest BCUT2D eigenvalue weighted by molar-refractivity contribution is 0.0841. The Hall–Kier alpha value is -2.36. The van der Waals surface area contributed by atoms with Crippen molar-refractivity contribution >= 4 is 5.71 Å². The van der Waals surface area contributed by atoms with E-state index in [9.17, 15) is 0 Å². The number of aromatic nitrogens is 1. The highest BCUT2D eigenvalue weighted by molar-refractivity contribution is 5.83. The van der Waals surface area contributed by atoms with Crippen LogP contribution in [0.15, 0.2) is 53.9 Å². The van der Waals surface area contributed by atoms with E-state index in [1.807, 2.05) is 43.3 Å². The Morgan fingerprint density at radius 3 is 2.84 bits per heavy atom. The van der Waals surface area contributed by atoms with Crippen molar-refractivity contribution in [2.45, 2.75) is 19.4 Å². The molecule has 0 saturated heterocycles. The summed E-state index contributed by atoms with van der Waals surface area (Å²) < 4.78 is 5.86. The van der Waals surface area contributed by atoms with Gasteiger partial charge in [0.25, 0.3) is 0 Å². The van der Waals surface area contributed by atoms with Gasteiger partial charge in [0.05, 0.1) is 11.9 Å². The highest BCUT2D eigenvalue weighted by Crippen LogP contribution is 2.35. The molecule has 0 bridgehead atoms. The molecule has 0 unspecified atom stereocenters. The molecule has 4 nitrogen and oxygen atoms in total. The van der Waals surface area contributed by atoms with E-state index in [4.69, 9.17) is 9.57 Å². The van der Waals surface area contributed by atoms with Crippen molar-refractivity contribution in [2.24, 2.45) is 5.16 Å². The third-order valence-electron chi connectivity index (χ3n) is 2.94. The molecular weight excluding hydrogens is 240 g/mol. The van der Waals surface area contributed by atoms with Gasteiger partial charge in [-0.25, -0.2) is 0 Å². The van der Waals surface area contributed by atoms with E-state index < -0.39 is 0 Å². The van der Waals surface area contributed by atoms with Crippen LogP contribution in [0, 0.1) is 0 Å². The number of rotatable bonds is 3. The first-order chi connectivity index (χ1) is 9.33. The Morgan fingerprint density at radius 2 is 2.11 bits per heavy atom. The van der Waals surface area contributed by atoms with Crippen molar-refractivity contribution in [3.8, 4) is 11.5 Å². The molecule has 1 aliphatic rings. The van der Waals surface area contributed by atoms with E-state index >= 15 is 0 Å². The lowest BCUT2D eigenvalue weighted by atomic mass is 10.0. The van der Waals surface area contributed by atoms with Crippen molar-refractivity contribution in [3.05, 3.63) is 54.4 Å². The van der Waals surface area contributed by atoms with Gasteiger partial charge in [0.1, 0.15) is 11.5 Å². The van der Waals surface area contributed by atoms with Gasteiger partial charge in [-0.3, -0.25) is 4.98 Å². The SMILES string of the molecule is CC1=NO[C@@H](c2ccccc2Oc2cccnc2)C1. The maximum absolute atomic E-state index is 5.86. The Kier molecular flexibility index (Phi) is 3.14. The predicted molar refractivity (Wildman–Crippen MR) is 72.3 cm³/mol. The van der Waals surface area contributed by atoms with Crippen molar-refractivity contribution < 1.29 is 9.57 Å². The second-order valence-electron chi connectivity index (χ2n) is 4.45. The summed E-state index contributed by atoms with van der Waals surface area (Å²) in [4.78, 5) is 9.46. The van der Waals surface area contributed by atoms with E-state index in [2.05, 4.69) is 10.1 Å².